The monoisotopic (exact) mass is 337 g/mol. The summed E-state index contributed by atoms with van der Waals surface area (Å²) in [6.45, 7) is 2.43. The normalized spacial score (nSPS) is 25.9. The fourth-order valence-corrected chi connectivity index (χ4v) is 4.06. The van der Waals surface area contributed by atoms with Gasteiger partial charge in [-0.2, -0.15) is 0 Å². The van der Waals surface area contributed by atoms with Crippen molar-refractivity contribution in [3.05, 3.63) is 35.4 Å². The quantitative estimate of drug-likeness (QED) is 0.922. The van der Waals surface area contributed by atoms with E-state index in [1.165, 1.54) is 18.2 Å². The number of hydrogen-bond donors (Lipinski definition) is 1. The van der Waals surface area contributed by atoms with E-state index in [4.69, 9.17) is 0 Å². The maximum absolute atomic E-state index is 14.3. The van der Waals surface area contributed by atoms with E-state index in [1.54, 1.807) is 11.8 Å². The van der Waals surface area contributed by atoms with Crippen molar-refractivity contribution in [3.63, 3.8) is 0 Å². The van der Waals surface area contributed by atoms with E-state index in [9.17, 15) is 23.5 Å². The topological polar surface area (TPSA) is 57.6 Å². The summed E-state index contributed by atoms with van der Waals surface area (Å²) in [6, 6.07) is 3.67. The van der Waals surface area contributed by atoms with Gasteiger partial charge in [0.05, 0.1) is 11.3 Å². The van der Waals surface area contributed by atoms with E-state index in [1.807, 2.05) is 0 Å². The second-order valence-electron chi connectivity index (χ2n) is 6.99. The van der Waals surface area contributed by atoms with Crippen molar-refractivity contribution in [1.29, 1.82) is 0 Å². The van der Waals surface area contributed by atoms with Gasteiger partial charge in [-0.05, 0) is 37.3 Å². The number of halogens is 2. The summed E-state index contributed by atoms with van der Waals surface area (Å²) in [6.07, 6.45) is 1.98. The largest absolute Gasteiger partial charge is 0.481 e. The third-order valence-electron chi connectivity index (χ3n) is 5.57. The number of carbonyl (C=O) groups excluding carboxylic acids is 1. The number of likely N-dealkylation sites (tertiary alicyclic amines) is 1. The summed E-state index contributed by atoms with van der Waals surface area (Å²) >= 11 is 0. The summed E-state index contributed by atoms with van der Waals surface area (Å²) in [5.41, 5.74) is -1.26. The van der Waals surface area contributed by atoms with Crippen molar-refractivity contribution >= 4 is 11.9 Å². The first kappa shape index (κ1) is 16.9. The van der Waals surface area contributed by atoms with Gasteiger partial charge in [-0.1, -0.05) is 19.4 Å². The molecule has 1 aromatic rings. The van der Waals surface area contributed by atoms with Gasteiger partial charge < -0.3 is 10.0 Å². The smallest absolute Gasteiger partial charge is 0.306 e. The van der Waals surface area contributed by atoms with Crippen LogP contribution in [0.15, 0.2) is 18.2 Å². The lowest BCUT2D eigenvalue weighted by Crippen LogP contribution is -2.55. The molecule has 2 aliphatic rings. The molecule has 0 aromatic heterocycles. The predicted molar refractivity (Wildman–Crippen MR) is 83.4 cm³/mol. The van der Waals surface area contributed by atoms with E-state index in [-0.39, 0.29) is 17.4 Å². The van der Waals surface area contributed by atoms with Crippen LogP contribution in [0.5, 0.6) is 0 Å². The molecule has 1 heterocycles. The van der Waals surface area contributed by atoms with Crippen LogP contribution < -0.4 is 0 Å². The third kappa shape index (κ3) is 2.58. The fourth-order valence-electron chi connectivity index (χ4n) is 4.06. The molecule has 1 saturated heterocycles. The first-order chi connectivity index (χ1) is 11.4. The van der Waals surface area contributed by atoms with Gasteiger partial charge in [0.2, 0.25) is 5.91 Å². The van der Waals surface area contributed by atoms with Gasteiger partial charge >= 0.3 is 5.97 Å². The maximum atomic E-state index is 14.3. The molecule has 1 aliphatic heterocycles. The minimum atomic E-state index is -1.13. The van der Waals surface area contributed by atoms with Gasteiger partial charge in [0.1, 0.15) is 11.6 Å². The molecule has 0 bridgehead atoms. The average molecular weight is 337 g/mol. The summed E-state index contributed by atoms with van der Waals surface area (Å²) in [4.78, 5) is 25.9. The van der Waals surface area contributed by atoms with Crippen LogP contribution in [0.3, 0.4) is 0 Å². The van der Waals surface area contributed by atoms with Crippen LogP contribution in [0, 0.1) is 23.5 Å². The van der Waals surface area contributed by atoms with E-state index in [0.717, 1.165) is 6.42 Å². The van der Waals surface area contributed by atoms with E-state index in [2.05, 4.69) is 0 Å². The molecule has 0 spiro atoms. The van der Waals surface area contributed by atoms with Gasteiger partial charge in [-0.3, -0.25) is 9.59 Å². The zero-order valence-electron chi connectivity index (χ0n) is 13.6. The number of nitrogens with zero attached hydrogens (tertiary/aromatic N) is 1. The van der Waals surface area contributed by atoms with Gasteiger partial charge in [-0.15, -0.1) is 0 Å². The highest BCUT2D eigenvalue weighted by Gasteiger charge is 2.51. The molecule has 0 radical (unpaired) electrons. The molecule has 2 unspecified atom stereocenters. The Morgan fingerprint density at radius 3 is 2.33 bits per heavy atom. The van der Waals surface area contributed by atoms with Crippen LogP contribution in [-0.4, -0.2) is 35.0 Å². The fraction of sp³-hybridized carbons (Fsp3) is 0.556. The number of piperidine rings is 1. The van der Waals surface area contributed by atoms with Crippen LogP contribution in [-0.2, 0) is 15.0 Å². The molecule has 1 amide bonds. The number of carbonyl (C=O) groups is 2. The molecular weight excluding hydrogens is 316 g/mol. The van der Waals surface area contributed by atoms with Crippen molar-refractivity contribution in [2.75, 3.05) is 13.1 Å². The van der Waals surface area contributed by atoms with Crippen molar-refractivity contribution in [3.8, 4) is 0 Å². The predicted octanol–water partition coefficient (Wildman–Crippen LogP) is 2.96. The Kier molecular flexibility index (Phi) is 4.32. The molecule has 1 N–H and O–H groups in total. The van der Waals surface area contributed by atoms with Crippen molar-refractivity contribution in [2.24, 2.45) is 11.8 Å². The zero-order valence-corrected chi connectivity index (χ0v) is 13.6. The summed E-state index contributed by atoms with van der Waals surface area (Å²) < 4.78 is 28.5. The molecule has 1 aromatic carbocycles. The van der Waals surface area contributed by atoms with Crippen LogP contribution in [0.4, 0.5) is 8.78 Å². The minimum Gasteiger partial charge on any atom is -0.481 e. The van der Waals surface area contributed by atoms with Crippen molar-refractivity contribution < 1.29 is 23.5 Å². The Morgan fingerprint density at radius 2 is 1.88 bits per heavy atom. The lowest BCUT2D eigenvalue weighted by molar-refractivity contribution is -0.151. The number of benzene rings is 1. The first-order valence-electron chi connectivity index (χ1n) is 8.33. The molecular formula is C18H21F2NO3. The highest BCUT2D eigenvalue weighted by Crippen LogP contribution is 2.47. The number of hydrogen-bond acceptors (Lipinski definition) is 2. The van der Waals surface area contributed by atoms with E-state index < -0.39 is 28.9 Å². The molecule has 130 valence electrons. The van der Waals surface area contributed by atoms with Gasteiger partial charge in [0.15, 0.2) is 0 Å². The summed E-state index contributed by atoms with van der Waals surface area (Å²) in [5.74, 6) is -3.14. The average Bonchev–Trinajstić information content (AvgIpc) is 2.48. The molecule has 1 aliphatic carbocycles. The maximum Gasteiger partial charge on any atom is 0.306 e. The number of amides is 1. The van der Waals surface area contributed by atoms with Gasteiger partial charge in [0.25, 0.3) is 0 Å². The molecule has 1 saturated carbocycles. The van der Waals surface area contributed by atoms with Crippen LogP contribution in [0.1, 0.15) is 38.2 Å². The SMILES string of the molecule is CC1CN(C(=O)C2(c3c(F)cccc3F)CCC2)CCC1C(=O)O. The molecule has 2 atom stereocenters. The summed E-state index contributed by atoms with van der Waals surface area (Å²) in [5, 5.41) is 9.20. The molecule has 24 heavy (non-hydrogen) atoms. The highest BCUT2D eigenvalue weighted by atomic mass is 19.1. The second kappa shape index (κ2) is 6.15. The minimum absolute atomic E-state index is 0.130. The van der Waals surface area contributed by atoms with Crippen molar-refractivity contribution in [1.82, 2.24) is 4.90 Å². The number of aliphatic carboxylic acids is 1. The van der Waals surface area contributed by atoms with Crippen LogP contribution in [0.25, 0.3) is 0 Å². The second-order valence-corrected chi connectivity index (χ2v) is 6.99. The molecule has 6 heteroatoms. The number of rotatable bonds is 3. The highest BCUT2D eigenvalue weighted by molar-refractivity contribution is 5.89. The Hall–Kier alpha value is -1.98. The Morgan fingerprint density at radius 1 is 1.25 bits per heavy atom. The zero-order chi connectivity index (χ0) is 17.5. The third-order valence-corrected chi connectivity index (χ3v) is 5.57. The van der Waals surface area contributed by atoms with E-state index >= 15 is 0 Å². The van der Waals surface area contributed by atoms with E-state index in [0.29, 0.717) is 32.4 Å². The first-order valence-corrected chi connectivity index (χ1v) is 8.33. The van der Waals surface area contributed by atoms with Crippen molar-refractivity contribution in [2.45, 2.75) is 38.0 Å². The molecule has 4 nitrogen and oxygen atoms in total. The number of carboxylic acids is 1. The Balaban J connectivity index is 1.87. The molecule has 3 rings (SSSR count). The van der Waals surface area contributed by atoms with Gasteiger partial charge in [0, 0.05) is 18.7 Å². The Labute approximate surface area is 139 Å². The van der Waals surface area contributed by atoms with Crippen LogP contribution in [0.2, 0.25) is 0 Å². The summed E-state index contributed by atoms with van der Waals surface area (Å²) in [7, 11) is 0. The molecule has 2 fully saturated rings. The number of carboxylic acid groups (broad SMARTS) is 1. The Bertz CT molecular complexity index is 652. The lowest BCUT2D eigenvalue weighted by Gasteiger charge is -2.46. The lowest BCUT2D eigenvalue weighted by atomic mass is 9.63. The van der Waals surface area contributed by atoms with Gasteiger partial charge in [-0.25, -0.2) is 8.78 Å². The standard InChI is InChI=1S/C18H21F2NO3/c1-11-10-21(9-6-12(11)16(22)23)17(24)18(7-3-8-18)15-13(19)4-2-5-14(15)20/h2,4-5,11-12H,3,6-10H2,1H3,(H,22,23). The van der Waals surface area contributed by atoms with Crippen LogP contribution >= 0.6 is 0 Å².